The molecule has 0 bridgehead atoms. The van der Waals surface area contributed by atoms with Crippen LogP contribution in [0.1, 0.15) is 12.0 Å². The Kier molecular flexibility index (Phi) is 3.82. The second kappa shape index (κ2) is 5.53. The van der Waals surface area contributed by atoms with E-state index >= 15 is 0 Å². The van der Waals surface area contributed by atoms with Crippen LogP contribution in [0.2, 0.25) is 0 Å². The standard InChI is InChI=1S/C13H16N2O3/c16-12(17)11-6-7-15(9-11)13(18)14-8-10-4-2-1-3-5-10/h1-5,11H,6-9H2,(H,14,18)(H,16,17). The lowest BCUT2D eigenvalue weighted by Crippen LogP contribution is -2.38. The smallest absolute Gasteiger partial charge is 0.317 e. The van der Waals surface area contributed by atoms with Crippen LogP contribution >= 0.6 is 0 Å². The molecule has 2 amide bonds. The SMILES string of the molecule is O=C(O)C1CCN(C(=O)NCc2ccccc2)C1. The first-order valence-electron chi connectivity index (χ1n) is 5.96. The van der Waals surface area contributed by atoms with Crippen LogP contribution in [-0.4, -0.2) is 35.1 Å². The fourth-order valence-corrected chi connectivity index (χ4v) is 2.03. The van der Waals surface area contributed by atoms with Crippen LogP contribution in [0.15, 0.2) is 30.3 Å². The van der Waals surface area contributed by atoms with E-state index < -0.39 is 11.9 Å². The van der Waals surface area contributed by atoms with Crippen molar-refractivity contribution in [3.63, 3.8) is 0 Å². The van der Waals surface area contributed by atoms with Crippen molar-refractivity contribution in [3.8, 4) is 0 Å². The van der Waals surface area contributed by atoms with E-state index in [-0.39, 0.29) is 6.03 Å². The molecule has 1 aromatic carbocycles. The number of carbonyl (C=O) groups is 2. The number of likely N-dealkylation sites (tertiary alicyclic amines) is 1. The first-order valence-corrected chi connectivity index (χ1v) is 5.96. The Bertz CT molecular complexity index is 433. The van der Waals surface area contributed by atoms with Gasteiger partial charge < -0.3 is 15.3 Å². The summed E-state index contributed by atoms with van der Waals surface area (Å²) in [6.45, 7) is 1.28. The zero-order valence-electron chi connectivity index (χ0n) is 10.0. The average Bonchev–Trinajstić information content (AvgIpc) is 2.87. The second-order valence-electron chi connectivity index (χ2n) is 4.41. The topological polar surface area (TPSA) is 69.6 Å². The highest BCUT2D eigenvalue weighted by Crippen LogP contribution is 2.16. The number of aliphatic carboxylic acids is 1. The van der Waals surface area contributed by atoms with Crippen molar-refractivity contribution < 1.29 is 14.7 Å². The molecule has 18 heavy (non-hydrogen) atoms. The van der Waals surface area contributed by atoms with Crippen LogP contribution in [0, 0.1) is 5.92 Å². The van der Waals surface area contributed by atoms with Gasteiger partial charge in [-0.3, -0.25) is 4.79 Å². The highest BCUT2D eigenvalue weighted by molar-refractivity contribution is 5.77. The predicted molar refractivity (Wildman–Crippen MR) is 66.0 cm³/mol. The zero-order chi connectivity index (χ0) is 13.0. The molecular weight excluding hydrogens is 232 g/mol. The van der Waals surface area contributed by atoms with Gasteiger partial charge in [-0.1, -0.05) is 30.3 Å². The first-order chi connectivity index (χ1) is 8.66. The Morgan fingerprint density at radius 3 is 2.67 bits per heavy atom. The molecule has 0 radical (unpaired) electrons. The van der Waals surface area contributed by atoms with Crippen LogP contribution in [0.5, 0.6) is 0 Å². The first kappa shape index (κ1) is 12.4. The monoisotopic (exact) mass is 248 g/mol. The maximum Gasteiger partial charge on any atom is 0.317 e. The molecule has 1 unspecified atom stereocenters. The summed E-state index contributed by atoms with van der Waals surface area (Å²) in [5, 5.41) is 11.7. The number of nitrogens with zero attached hydrogens (tertiary/aromatic N) is 1. The Labute approximate surface area is 105 Å². The fraction of sp³-hybridized carbons (Fsp3) is 0.385. The molecular formula is C13H16N2O3. The van der Waals surface area contributed by atoms with Crippen LogP contribution in [0.3, 0.4) is 0 Å². The molecule has 1 aliphatic heterocycles. The third kappa shape index (κ3) is 3.00. The molecule has 1 aliphatic rings. The molecule has 96 valence electrons. The summed E-state index contributed by atoms with van der Waals surface area (Å²) in [5.74, 6) is -1.25. The minimum Gasteiger partial charge on any atom is -0.481 e. The number of rotatable bonds is 3. The summed E-state index contributed by atoms with van der Waals surface area (Å²) in [6, 6.07) is 9.43. The molecule has 1 atom stereocenters. The maximum absolute atomic E-state index is 11.8. The molecule has 5 heteroatoms. The lowest BCUT2D eigenvalue weighted by atomic mass is 10.1. The Morgan fingerprint density at radius 2 is 2.06 bits per heavy atom. The van der Waals surface area contributed by atoms with E-state index in [1.807, 2.05) is 30.3 Å². The summed E-state index contributed by atoms with van der Waals surface area (Å²) < 4.78 is 0. The summed E-state index contributed by atoms with van der Waals surface area (Å²) in [5.41, 5.74) is 1.03. The van der Waals surface area contributed by atoms with Crippen LogP contribution in [0.4, 0.5) is 4.79 Å². The largest absolute Gasteiger partial charge is 0.481 e. The normalized spacial score (nSPS) is 18.7. The minimum absolute atomic E-state index is 0.192. The number of urea groups is 1. The van der Waals surface area contributed by atoms with E-state index in [9.17, 15) is 9.59 Å². The summed E-state index contributed by atoms with van der Waals surface area (Å²) in [6.07, 6.45) is 0.536. The molecule has 1 heterocycles. The van der Waals surface area contributed by atoms with Crippen molar-refractivity contribution in [3.05, 3.63) is 35.9 Å². The number of hydrogen-bond acceptors (Lipinski definition) is 2. The van der Waals surface area contributed by atoms with Gasteiger partial charge in [-0.15, -0.1) is 0 Å². The van der Waals surface area contributed by atoms with Crippen molar-refractivity contribution in [2.45, 2.75) is 13.0 Å². The van der Waals surface area contributed by atoms with Crippen molar-refractivity contribution in [2.24, 2.45) is 5.92 Å². The van der Waals surface area contributed by atoms with Crippen LogP contribution in [0.25, 0.3) is 0 Å². The number of benzene rings is 1. The van der Waals surface area contributed by atoms with Gasteiger partial charge in [0.2, 0.25) is 0 Å². The van der Waals surface area contributed by atoms with E-state index in [2.05, 4.69) is 5.32 Å². The summed E-state index contributed by atoms with van der Waals surface area (Å²) in [7, 11) is 0. The number of carbonyl (C=O) groups excluding carboxylic acids is 1. The molecule has 0 saturated carbocycles. The molecule has 1 aromatic rings. The second-order valence-corrected chi connectivity index (χ2v) is 4.41. The number of amides is 2. The number of nitrogens with one attached hydrogen (secondary N) is 1. The van der Waals surface area contributed by atoms with Gasteiger partial charge in [0.1, 0.15) is 0 Å². The van der Waals surface area contributed by atoms with Crippen molar-refractivity contribution >= 4 is 12.0 Å². The Hall–Kier alpha value is -2.04. The van der Waals surface area contributed by atoms with Gasteiger partial charge in [0.05, 0.1) is 5.92 Å². The lowest BCUT2D eigenvalue weighted by molar-refractivity contribution is -0.141. The number of carboxylic acids is 1. The quantitative estimate of drug-likeness (QED) is 0.847. The van der Waals surface area contributed by atoms with Gasteiger partial charge in [-0.2, -0.15) is 0 Å². The number of carboxylic acid groups (broad SMARTS) is 1. The third-order valence-electron chi connectivity index (χ3n) is 3.11. The maximum atomic E-state index is 11.8. The van der Waals surface area contributed by atoms with E-state index in [0.29, 0.717) is 26.1 Å². The highest BCUT2D eigenvalue weighted by Gasteiger charge is 2.30. The molecule has 2 N–H and O–H groups in total. The lowest BCUT2D eigenvalue weighted by Gasteiger charge is -2.16. The van der Waals surface area contributed by atoms with Gasteiger partial charge in [0.15, 0.2) is 0 Å². The third-order valence-corrected chi connectivity index (χ3v) is 3.11. The molecule has 2 rings (SSSR count). The van der Waals surface area contributed by atoms with E-state index in [4.69, 9.17) is 5.11 Å². The molecule has 0 aliphatic carbocycles. The van der Waals surface area contributed by atoms with E-state index in [1.165, 1.54) is 0 Å². The molecule has 1 saturated heterocycles. The van der Waals surface area contributed by atoms with Crippen molar-refractivity contribution in [1.29, 1.82) is 0 Å². The summed E-state index contributed by atoms with van der Waals surface area (Å²) >= 11 is 0. The van der Waals surface area contributed by atoms with Gasteiger partial charge in [-0.05, 0) is 12.0 Å². The Morgan fingerprint density at radius 1 is 1.33 bits per heavy atom. The van der Waals surface area contributed by atoms with Crippen LogP contribution < -0.4 is 5.32 Å². The fourth-order valence-electron chi connectivity index (χ4n) is 2.03. The highest BCUT2D eigenvalue weighted by atomic mass is 16.4. The average molecular weight is 248 g/mol. The summed E-state index contributed by atoms with van der Waals surface area (Å²) in [4.78, 5) is 24.2. The van der Waals surface area contributed by atoms with E-state index in [0.717, 1.165) is 5.56 Å². The minimum atomic E-state index is -0.826. The zero-order valence-corrected chi connectivity index (χ0v) is 10.0. The van der Waals surface area contributed by atoms with Gasteiger partial charge in [-0.25, -0.2) is 4.79 Å². The van der Waals surface area contributed by atoms with Gasteiger partial charge in [0, 0.05) is 19.6 Å². The van der Waals surface area contributed by atoms with E-state index in [1.54, 1.807) is 4.90 Å². The van der Waals surface area contributed by atoms with Crippen LogP contribution in [-0.2, 0) is 11.3 Å². The van der Waals surface area contributed by atoms with Crippen molar-refractivity contribution in [2.75, 3.05) is 13.1 Å². The Balaban J connectivity index is 1.81. The molecule has 5 nitrogen and oxygen atoms in total. The molecule has 0 spiro atoms. The predicted octanol–water partition coefficient (Wildman–Crippen LogP) is 1.30. The number of hydrogen-bond donors (Lipinski definition) is 2. The molecule has 1 fully saturated rings. The van der Waals surface area contributed by atoms with Gasteiger partial charge >= 0.3 is 12.0 Å². The van der Waals surface area contributed by atoms with Gasteiger partial charge in [0.25, 0.3) is 0 Å². The molecule has 0 aromatic heterocycles. The van der Waals surface area contributed by atoms with Crippen molar-refractivity contribution in [1.82, 2.24) is 10.2 Å².